The molecule has 2 heterocycles. The first-order chi connectivity index (χ1) is 9.74. The molecule has 2 N–H and O–H groups in total. The fourth-order valence-corrected chi connectivity index (χ4v) is 2.88. The first kappa shape index (κ1) is 13.7. The van der Waals surface area contributed by atoms with Gasteiger partial charge in [0.1, 0.15) is 13.2 Å². The van der Waals surface area contributed by atoms with E-state index in [0.29, 0.717) is 30.4 Å². The zero-order valence-corrected chi connectivity index (χ0v) is 12.7. The highest BCUT2D eigenvalue weighted by Crippen LogP contribution is 2.38. The third-order valence-corrected chi connectivity index (χ3v) is 4.17. The standard InChI is InChI=1S/C14H17BrN2O3/c15-9-7-12-13(20-6-5-19-12)8-11(9)17-14(18)10-3-1-2-4-16-10/h7-8,10,16H,1-6H2,(H,17,18)/t10-/m1/s1. The normalized spacial score (nSPS) is 21.4. The van der Waals surface area contributed by atoms with Crippen LogP contribution in [0.2, 0.25) is 0 Å². The Morgan fingerprint density at radius 3 is 2.70 bits per heavy atom. The Labute approximate surface area is 126 Å². The van der Waals surface area contributed by atoms with Crippen LogP contribution in [0.25, 0.3) is 0 Å². The number of benzene rings is 1. The van der Waals surface area contributed by atoms with Gasteiger partial charge in [0, 0.05) is 16.6 Å². The summed E-state index contributed by atoms with van der Waals surface area (Å²) in [4.78, 5) is 12.2. The van der Waals surface area contributed by atoms with Crippen LogP contribution in [0.3, 0.4) is 0 Å². The highest BCUT2D eigenvalue weighted by molar-refractivity contribution is 9.10. The van der Waals surface area contributed by atoms with Crippen LogP contribution in [0.1, 0.15) is 19.3 Å². The van der Waals surface area contributed by atoms with Crippen molar-refractivity contribution in [1.29, 1.82) is 0 Å². The van der Waals surface area contributed by atoms with Crippen molar-refractivity contribution >= 4 is 27.5 Å². The predicted octanol–water partition coefficient (Wildman–Crippen LogP) is 2.30. The molecule has 2 aliphatic heterocycles. The van der Waals surface area contributed by atoms with E-state index in [4.69, 9.17) is 9.47 Å². The zero-order valence-electron chi connectivity index (χ0n) is 11.1. The third-order valence-electron chi connectivity index (χ3n) is 3.52. The summed E-state index contributed by atoms with van der Waals surface area (Å²) in [5, 5.41) is 6.18. The second kappa shape index (κ2) is 6.01. The van der Waals surface area contributed by atoms with Gasteiger partial charge < -0.3 is 20.1 Å². The minimum absolute atomic E-state index is 0.00192. The van der Waals surface area contributed by atoms with Crippen LogP contribution in [0.5, 0.6) is 11.5 Å². The lowest BCUT2D eigenvalue weighted by Gasteiger charge is -2.24. The van der Waals surface area contributed by atoms with Gasteiger partial charge in [0.25, 0.3) is 0 Å². The molecule has 6 heteroatoms. The number of rotatable bonds is 2. The molecular formula is C14H17BrN2O3. The number of hydrogen-bond acceptors (Lipinski definition) is 4. The van der Waals surface area contributed by atoms with E-state index in [0.717, 1.165) is 30.3 Å². The molecular weight excluding hydrogens is 324 g/mol. The first-order valence-electron chi connectivity index (χ1n) is 6.87. The van der Waals surface area contributed by atoms with Crippen LogP contribution < -0.4 is 20.1 Å². The molecule has 0 spiro atoms. The van der Waals surface area contributed by atoms with Crippen molar-refractivity contribution in [2.45, 2.75) is 25.3 Å². The van der Waals surface area contributed by atoms with Gasteiger partial charge in [0.2, 0.25) is 5.91 Å². The van der Waals surface area contributed by atoms with Gasteiger partial charge in [0.05, 0.1) is 11.7 Å². The quantitative estimate of drug-likeness (QED) is 0.867. The van der Waals surface area contributed by atoms with Gasteiger partial charge in [-0.2, -0.15) is 0 Å². The van der Waals surface area contributed by atoms with Crippen LogP contribution in [-0.2, 0) is 4.79 Å². The fourth-order valence-electron chi connectivity index (χ4n) is 2.46. The van der Waals surface area contributed by atoms with Crippen molar-refractivity contribution in [3.05, 3.63) is 16.6 Å². The first-order valence-corrected chi connectivity index (χ1v) is 7.67. The SMILES string of the molecule is O=C(Nc1cc2c(cc1Br)OCCO2)[C@H]1CCCCN1. The van der Waals surface area contributed by atoms with Crippen LogP contribution in [0.15, 0.2) is 16.6 Å². The molecule has 1 aromatic carbocycles. The summed E-state index contributed by atoms with van der Waals surface area (Å²) in [5.41, 5.74) is 0.714. The van der Waals surface area contributed by atoms with Crippen LogP contribution >= 0.6 is 15.9 Å². The number of carbonyl (C=O) groups excluding carboxylic acids is 1. The second-order valence-corrected chi connectivity index (χ2v) is 5.82. The summed E-state index contributed by atoms with van der Waals surface area (Å²) in [5.74, 6) is 1.38. The molecule has 0 aliphatic carbocycles. The molecule has 20 heavy (non-hydrogen) atoms. The molecule has 1 atom stereocenters. The zero-order chi connectivity index (χ0) is 13.9. The average Bonchev–Trinajstić information content (AvgIpc) is 2.49. The summed E-state index contributed by atoms with van der Waals surface area (Å²) in [6, 6.07) is 3.53. The number of piperidine rings is 1. The number of fused-ring (bicyclic) bond motifs is 1. The number of hydrogen-bond donors (Lipinski definition) is 2. The Kier molecular flexibility index (Phi) is 4.12. The van der Waals surface area contributed by atoms with E-state index in [1.165, 1.54) is 0 Å². The largest absolute Gasteiger partial charge is 0.486 e. The highest BCUT2D eigenvalue weighted by Gasteiger charge is 2.22. The van der Waals surface area contributed by atoms with Crippen LogP contribution in [0.4, 0.5) is 5.69 Å². The van der Waals surface area contributed by atoms with E-state index in [9.17, 15) is 4.79 Å². The molecule has 1 aromatic rings. The molecule has 0 unspecified atom stereocenters. The van der Waals surface area contributed by atoms with Gasteiger partial charge in [-0.25, -0.2) is 0 Å². The second-order valence-electron chi connectivity index (χ2n) is 4.97. The maximum Gasteiger partial charge on any atom is 0.241 e. The number of ether oxygens (including phenoxy) is 2. The number of nitrogens with one attached hydrogen (secondary N) is 2. The Hall–Kier alpha value is -1.27. The Bertz CT molecular complexity index is 515. The van der Waals surface area contributed by atoms with Crippen LogP contribution in [0, 0.1) is 0 Å². The van der Waals surface area contributed by atoms with E-state index in [-0.39, 0.29) is 11.9 Å². The van der Waals surface area contributed by atoms with E-state index < -0.39 is 0 Å². The van der Waals surface area contributed by atoms with Crippen molar-refractivity contribution in [3.63, 3.8) is 0 Å². The van der Waals surface area contributed by atoms with Gasteiger partial charge in [-0.15, -0.1) is 0 Å². The molecule has 1 fully saturated rings. The Balaban J connectivity index is 1.74. The molecule has 2 aliphatic rings. The molecule has 0 aromatic heterocycles. The summed E-state index contributed by atoms with van der Waals surface area (Å²) in [6.07, 6.45) is 3.11. The summed E-state index contributed by atoms with van der Waals surface area (Å²) in [7, 11) is 0. The topological polar surface area (TPSA) is 59.6 Å². The molecule has 0 saturated carbocycles. The molecule has 5 nitrogen and oxygen atoms in total. The minimum atomic E-state index is -0.108. The molecule has 3 rings (SSSR count). The smallest absolute Gasteiger partial charge is 0.241 e. The van der Waals surface area contributed by atoms with Crippen molar-refractivity contribution in [2.24, 2.45) is 0 Å². The van der Waals surface area contributed by atoms with E-state index in [2.05, 4.69) is 26.6 Å². The summed E-state index contributed by atoms with van der Waals surface area (Å²) < 4.78 is 11.8. The molecule has 1 saturated heterocycles. The number of carbonyl (C=O) groups is 1. The predicted molar refractivity (Wildman–Crippen MR) is 79.4 cm³/mol. The molecule has 0 bridgehead atoms. The third kappa shape index (κ3) is 2.91. The van der Waals surface area contributed by atoms with Gasteiger partial charge >= 0.3 is 0 Å². The van der Waals surface area contributed by atoms with Crippen LogP contribution in [-0.4, -0.2) is 31.7 Å². The number of halogens is 1. The van der Waals surface area contributed by atoms with Crippen molar-refractivity contribution in [1.82, 2.24) is 5.32 Å². The molecule has 1 amide bonds. The lowest BCUT2D eigenvalue weighted by Crippen LogP contribution is -2.43. The fraction of sp³-hybridized carbons (Fsp3) is 0.500. The number of anilines is 1. The van der Waals surface area contributed by atoms with E-state index >= 15 is 0 Å². The Morgan fingerprint density at radius 1 is 1.25 bits per heavy atom. The Morgan fingerprint density at radius 2 is 2.00 bits per heavy atom. The summed E-state index contributed by atoms with van der Waals surface area (Å²) in [6.45, 7) is 1.99. The van der Waals surface area contributed by atoms with Crippen molar-refractivity contribution < 1.29 is 14.3 Å². The highest BCUT2D eigenvalue weighted by atomic mass is 79.9. The van der Waals surface area contributed by atoms with E-state index in [1.807, 2.05) is 6.07 Å². The molecule has 108 valence electrons. The minimum Gasteiger partial charge on any atom is -0.486 e. The monoisotopic (exact) mass is 340 g/mol. The van der Waals surface area contributed by atoms with Gasteiger partial charge in [-0.05, 0) is 35.3 Å². The van der Waals surface area contributed by atoms with Gasteiger partial charge in [-0.1, -0.05) is 6.42 Å². The van der Waals surface area contributed by atoms with Gasteiger partial charge in [-0.3, -0.25) is 4.79 Å². The van der Waals surface area contributed by atoms with Crippen molar-refractivity contribution in [2.75, 3.05) is 25.1 Å². The summed E-state index contributed by atoms with van der Waals surface area (Å²) >= 11 is 3.46. The average molecular weight is 341 g/mol. The van der Waals surface area contributed by atoms with Gasteiger partial charge in [0.15, 0.2) is 11.5 Å². The lowest BCUT2D eigenvalue weighted by atomic mass is 10.0. The van der Waals surface area contributed by atoms with E-state index in [1.54, 1.807) is 6.07 Å². The van der Waals surface area contributed by atoms with Crippen molar-refractivity contribution in [3.8, 4) is 11.5 Å². The molecule has 0 radical (unpaired) electrons. The maximum atomic E-state index is 12.2. The lowest BCUT2D eigenvalue weighted by molar-refractivity contribution is -0.118. The number of amides is 1. The maximum absolute atomic E-state index is 12.2.